The molecule has 0 unspecified atom stereocenters. The van der Waals surface area contributed by atoms with Crippen molar-refractivity contribution < 1.29 is 18.3 Å². The topological polar surface area (TPSA) is 32.3 Å². The second kappa shape index (κ2) is 6.09. The van der Waals surface area contributed by atoms with E-state index in [2.05, 4.69) is 17.2 Å². The summed E-state index contributed by atoms with van der Waals surface area (Å²) < 4.78 is 35.8. The van der Waals surface area contributed by atoms with Gasteiger partial charge in [-0.05, 0) is 31.5 Å². The van der Waals surface area contributed by atoms with Crippen LogP contribution in [0.3, 0.4) is 0 Å². The van der Waals surface area contributed by atoms with E-state index in [1.807, 2.05) is 0 Å². The molecule has 2 N–H and O–H groups in total. The minimum atomic E-state index is -4.20. The van der Waals surface area contributed by atoms with Crippen LogP contribution in [0.15, 0.2) is 24.3 Å². The molecule has 1 aromatic rings. The summed E-state index contributed by atoms with van der Waals surface area (Å²) in [5, 5.41) is 11.8. The van der Waals surface area contributed by atoms with Gasteiger partial charge in [-0.1, -0.05) is 24.0 Å². The summed E-state index contributed by atoms with van der Waals surface area (Å²) in [6, 6.07) is 6.84. The summed E-state index contributed by atoms with van der Waals surface area (Å²) in [7, 11) is 0. The average Bonchev–Trinajstić information content (AvgIpc) is 2.25. The van der Waals surface area contributed by atoms with E-state index in [4.69, 9.17) is 0 Å². The van der Waals surface area contributed by atoms with E-state index < -0.39 is 18.3 Å². The highest BCUT2D eigenvalue weighted by Gasteiger charge is 2.25. The molecule has 0 aliphatic heterocycles. The van der Waals surface area contributed by atoms with Crippen LogP contribution in [0, 0.1) is 11.8 Å². The summed E-state index contributed by atoms with van der Waals surface area (Å²) in [4.78, 5) is 0. The maximum atomic E-state index is 11.9. The Balaban J connectivity index is 2.54. The molecular formula is C14H16F3NO. The molecule has 2 nitrogen and oxygen atoms in total. The zero-order valence-electron chi connectivity index (χ0n) is 10.8. The lowest BCUT2D eigenvalue weighted by molar-refractivity contribution is -0.125. The molecule has 0 amide bonds. The molecule has 0 saturated heterocycles. The molecule has 19 heavy (non-hydrogen) atoms. The maximum Gasteiger partial charge on any atom is 0.401 e. The summed E-state index contributed by atoms with van der Waals surface area (Å²) >= 11 is 0. The largest absolute Gasteiger partial charge is 0.401 e. The van der Waals surface area contributed by atoms with Gasteiger partial charge in [0.2, 0.25) is 0 Å². The van der Waals surface area contributed by atoms with Crippen molar-refractivity contribution >= 4 is 0 Å². The molecule has 0 radical (unpaired) electrons. The minimum absolute atomic E-state index is 0.151. The van der Waals surface area contributed by atoms with Gasteiger partial charge in [-0.2, -0.15) is 13.2 Å². The maximum absolute atomic E-state index is 11.9. The zero-order chi connectivity index (χ0) is 14.5. The second-order valence-corrected chi connectivity index (χ2v) is 4.72. The molecule has 5 heteroatoms. The summed E-state index contributed by atoms with van der Waals surface area (Å²) in [6.07, 6.45) is -4.20. The number of hydrogen-bond acceptors (Lipinski definition) is 2. The average molecular weight is 271 g/mol. The van der Waals surface area contributed by atoms with Crippen molar-refractivity contribution in [2.24, 2.45) is 0 Å². The Labute approximate surface area is 110 Å². The fourth-order valence-corrected chi connectivity index (χ4v) is 1.28. The molecule has 0 atom stereocenters. The van der Waals surface area contributed by atoms with Crippen LogP contribution in [0.4, 0.5) is 13.2 Å². The molecule has 0 fully saturated rings. The van der Waals surface area contributed by atoms with E-state index in [9.17, 15) is 18.3 Å². The normalized spacial score (nSPS) is 11.9. The van der Waals surface area contributed by atoms with E-state index in [0.717, 1.165) is 5.56 Å². The predicted molar refractivity (Wildman–Crippen MR) is 67.4 cm³/mol. The molecule has 0 aliphatic carbocycles. The lowest BCUT2D eigenvalue weighted by atomic mass is 10.1. The third-order valence-electron chi connectivity index (χ3n) is 2.12. The number of nitrogens with one attached hydrogen (secondary N) is 1. The Kier molecular flexibility index (Phi) is 4.98. The molecule has 0 heterocycles. The van der Waals surface area contributed by atoms with E-state index >= 15 is 0 Å². The van der Waals surface area contributed by atoms with Crippen LogP contribution >= 0.6 is 0 Å². The van der Waals surface area contributed by atoms with Crippen LogP contribution in [-0.2, 0) is 6.54 Å². The highest BCUT2D eigenvalue weighted by molar-refractivity contribution is 5.37. The zero-order valence-corrected chi connectivity index (χ0v) is 10.8. The molecule has 1 rings (SSSR count). The van der Waals surface area contributed by atoms with Crippen LogP contribution in [0.2, 0.25) is 0 Å². The number of halogens is 3. The van der Waals surface area contributed by atoms with Gasteiger partial charge in [0, 0.05) is 12.1 Å². The predicted octanol–water partition coefficient (Wildman–Crippen LogP) is 2.46. The third kappa shape index (κ3) is 7.50. The van der Waals surface area contributed by atoms with Crippen LogP contribution in [0.1, 0.15) is 25.0 Å². The molecule has 0 aromatic heterocycles. The van der Waals surface area contributed by atoms with E-state index in [1.165, 1.54) is 0 Å². The van der Waals surface area contributed by atoms with Gasteiger partial charge in [-0.15, -0.1) is 0 Å². The highest BCUT2D eigenvalue weighted by atomic mass is 19.4. The molecule has 104 valence electrons. The first-order valence-corrected chi connectivity index (χ1v) is 5.78. The van der Waals surface area contributed by atoms with Gasteiger partial charge in [0.1, 0.15) is 5.60 Å². The Bertz CT molecular complexity index is 461. The second-order valence-electron chi connectivity index (χ2n) is 4.72. The van der Waals surface area contributed by atoms with Crippen molar-refractivity contribution in [3.63, 3.8) is 0 Å². The molecule has 0 spiro atoms. The van der Waals surface area contributed by atoms with Crippen molar-refractivity contribution in [1.29, 1.82) is 0 Å². The van der Waals surface area contributed by atoms with Gasteiger partial charge in [0.05, 0.1) is 6.54 Å². The first kappa shape index (κ1) is 15.5. The Morgan fingerprint density at radius 1 is 1.16 bits per heavy atom. The van der Waals surface area contributed by atoms with Crippen LogP contribution in [0.25, 0.3) is 0 Å². The van der Waals surface area contributed by atoms with Crippen LogP contribution in [0.5, 0.6) is 0 Å². The van der Waals surface area contributed by atoms with E-state index in [-0.39, 0.29) is 6.54 Å². The Morgan fingerprint density at radius 3 is 2.21 bits per heavy atom. The van der Waals surface area contributed by atoms with Crippen LogP contribution < -0.4 is 5.32 Å². The van der Waals surface area contributed by atoms with Gasteiger partial charge in [-0.3, -0.25) is 0 Å². The molecule has 0 aliphatic rings. The van der Waals surface area contributed by atoms with Gasteiger partial charge in [-0.25, -0.2) is 0 Å². The molecule has 0 saturated carbocycles. The Morgan fingerprint density at radius 2 is 1.74 bits per heavy atom. The molecular weight excluding hydrogens is 255 g/mol. The van der Waals surface area contributed by atoms with Crippen molar-refractivity contribution in [3.05, 3.63) is 35.4 Å². The monoisotopic (exact) mass is 271 g/mol. The summed E-state index contributed by atoms with van der Waals surface area (Å²) in [6.45, 7) is 2.30. The van der Waals surface area contributed by atoms with Gasteiger partial charge < -0.3 is 10.4 Å². The van der Waals surface area contributed by atoms with E-state index in [1.54, 1.807) is 38.1 Å². The quantitative estimate of drug-likeness (QED) is 0.828. The number of hydrogen-bond donors (Lipinski definition) is 2. The number of aliphatic hydroxyl groups is 1. The molecule has 1 aromatic carbocycles. The number of alkyl halides is 3. The van der Waals surface area contributed by atoms with Gasteiger partial charge in [0.25, 0.3) is 0 Å². The van der Waals surface area contributed by atoms with Gasteiger partial charge >= 0.3 is 6.18 Å². The number of rotatable bonds is 3. The minimum Gasteiger partial charge on any atom is -0.378 e. The SMILES string of the molecule is CC(C)(O)C#Cc1ccc(CNCC(F)(F)F)cc1. The lowest BCUT2D eigenvalue weighted by Crippen LogP contribution is -2.28. The van der Waals surface area contributed by atoms with Crippen molar-refractivity contribution in [3.8, 4) is 11.8 Å². The standard InChI is InChI=1S/C14H16F3NO/c1-13(2,19)8-7-11-3-5-12(6-4-11)9-18-10-14(15,16)17/h3-6,18-19H,9-10H2,1-2H3. The fraction of sp³-hybridized carbons (Fsp3) is 0.429. The lowest BCUT2D eigenvalue weighted by Gasteiger charge is -2.08. The Hall–Kier alpha value is -1.51. The summed E-state index contributed by atoms with van der Waals surface area (Å²) in [5.41, 5.74) is 0.396. The first-order valence-electron chi connectivity index (χ1n) is 5.78. The highest BCUT2D eigenvalue weighted by Crippen LogP contribution is 2.12. The van der Waals surface area contributed by atoms with E-state index in [0.29, 0.717) is 5.56 Å². The number of benzene rings is 1. The molecule has 0 bridgehead atoms. The van der Waals surface area contributed by atoms with Gasteiger partial charge in [0.15, 0.2) is 0 Å². The van der Waals surface area contributed by atoms with Crippen molar-refractivity contribution in [2.45, 2.75) is 32.2 Å². The summed E-state index contributed by atoms with van der Waals surface area (Å²) in [5.74, 6) is 5.45. The first-order chi connectivity index (χ1) is 8.66. The van der Waals surface area contributed by atoms with Crippen LogP contribution in [-0.4, -0.2) is 23.4 Å². The smallest absolute Gasteiger partial charge is 0.378 e. The fourth-order valence-electron chi connectivity index (χ4n) is 1.28. The van der Waals surface area contributed by atoms with Crippen molar-refractivity contribution in [1.82, 2.24) is 5.32 Å². The third-order valence-corrected chi connectivity index (χ3v) is 2.12. The van der Waals surface area contributed by atoms with Crippen molar-refractivity contribution in [2.75, 3.05) is 6.54 Å².